The molecule has 0 saturated heterocycles. The van der Waals surface area contributed by atoms with Crippen molar-refractivity contribution in [3.05, 3.63) is 52.3 Å². The number of hydrogen-bond acceptors (Lipinski definition) is 4. The molecule has 0 atom stereocenters. The molecule has 0 amide bonds. The minimum Gasteiger partial charge on any atom is -0.268 e. The van der Waals surface area contributed by atoms with Gasteiger partial charge in [-0.1, -0.05) is 30.3 Å². The Hall–Kier alpha value is -2.47. The average Bonchev–Trinajstić information content (AvgIpc) is 3.06. The van der Waals surface area contributed by atoms with Crippen molar-refractivity contribution in [1.29, 1.82) is 0 Å². The molecule has 4 rings (SSSR count). The first-order valence-electron chi connectivity index (χ1n) is 6.13. The van der Waals surface area contributed by atoms with Crippen LogP contribution in [-0.2, 0) is 7.05 Å². The molecule has 0 radical (unpaired) electrons. The van der Waals surface area contributed by atoms with E-state index in [9.17, 15) is 4.79 Å². The number of nitrogens with zero attached hydrogens (tertiary/aromatic N) is 4. The molecule has 0 aliphatic heterocycles. The van der Waals surface area contributed by atoms with Crippen LogP contribution in [-0.4, -0.2) is 19.2 Å². The van der Waals surface area contributed by atoms with Crippen LogP contribution in [0.5, 0.6) is 0 Å². The van der Waals surface area contributed by atoms with E-state index in [0.29, 0.717) is 16.0 Å². The minimum absolute atomic E-state index is 0.0711. The fourth-order valence-electron chi connectivity index (χ4n) is 2.32. The average molecular weight is 282 g/mol. The first kappa shape index (κ1) is 11.4. The monoisotopic (exact) mass is 282 g/mol. The first-order valence-corrected chi connectivity index (χ1v) is 7.01. The van der Waals surface area contributed by atoms with E-state index >= 15 is 0 Å². The van der Waals surface area contributed by atoms with E-state index in [2.05, 4.69) is 10.1 Å². The van der Waals surface area contributed by atoms with Gasteiger partial charge in [0, 0.05) is 12.4 Å². The zero-order valence-electron chi connectivity index (χ0n) is 10.6. The van der Waals surface area contributed by atoms with Gasteiger partial charge in [0.15, 0.2) is 10.6 Å². The van der Waals surface area contributed by atoms with E-state index in [1.807, 2.05) is 35.7 Å². The summed E-state index contributed by atoms with van der Waals surface area (Å²) in [6, 6.07) is 9.85. The highest BCUT2D eigenvalue weighted by atomic mass is 32.1. The fraction of sp³-hybridized carbons (Fsp3) is 0.0714. The molecule has 0 fully saturated rings. The second kappa shape index (κ2) is 4.01. The van der Waals surface area contributed by atoms with Crippen LogP contribution in [0.15, 0.2) is 46.7 Å². The smallest absolute Gasteiger partial charge is 0.268 e. The summed E-state index contributed by atoms with van der Waals surface area (Å²) in [5.41, 5.74) is 2.43. The second-order valence-corrected chi connectivity index (χ2v) is 5.36. The summed E-state index contributed by atoms with van der Waals surface area (Å²) in [5, 5.41) is 6.61. The number of aryl methyl sites for hydroxylation is 1. The van der Waals surface area contributed by atoms with Gasteiger partial charge in [0.1, 0.15) is 5.39 Å². The lowest BCUT2D eigenvalue weighted by molar-refractivity contribution is 0.787. The van der Waals surface area contributed by atoms with Crippen molar-refractivity contribution in [2.75, 3.05) is 0 Å². The first-order chi connectivity index (χ1) is 9.75. The van der Waals surface area contributed by atoms with Crippen molar-refractivity contribution >= 4 is 27.3 Å². The molecule has 0 aliphatic carbocycles. The standard InChI is InChI=1S/C14H10N4OS/c1-17-12-10(7-15-17)13(19)18-11(8-20-14(18)16-12)9-5-3-2-4-6-9/h2-8H,1H3. The lowest BCUT2D eigenvalue weighted by atomic mass is 10.2. The minimum atomic E-state index is -0.0711. The molecule has 0 bridgehead atoms. The van der Waals surface area contributed by atoms with Gasteiger partial charge in [-0.05, 0) is 5.56 Å². The Morgan fingerprint density at radius 2 is 2.00 bits per heavy atom. The molecule has 0 saturated carbocycles. The molecule has 0 spiro atoms. The van der Waals surface area contributed by atoms with E-state index in [1.54, 1.807) is 22.3 Å². The third kappa shape index (κ3) is 1.45. The van der Waals surface area contributed by atoms with Crippen LogP contribution in [0.4, 0.5) is 0 Å². The fourth-order valence-corrected chi connectivity index (χ4v) is 3.21. The molecule has 3 aromatic heterocycles. The molecule has 0 unspecified atom stereocenters. The number of benzene rings is 1. The van der Waals surface area contributed by atoms with Gasteiger partial charge >= 0.3 is 0 Å². The van der Waals surface area contributed by atoms with Crippen LogP contribution >= 0.6 is 11.3 Å². The van der Waals surface area contributed by atoms with Gasteiger partial charge in [-0.3, -0.25) is 13.9 Å². The second-order valence-electron chi connectivity index (χ2n) is 4.53. The van der Waals surface area contributed by atoms with Crippen LogP contribution in [0.3, 0.4) is 0 Å². The summed E-state index contributed by atoms with van der Waals surface area (Å²) in [6.07, 6.45) is 1.57. The van der Waals surface area contributed by atoms with Gasteiger partial charge in [0.05, 0.1) is 11.9 Å². The van der Waals surface area contributed by atoms with Crippen LogP contribution in [0.1, 0.15) is 0 Å². The van der Waals surface area contributed by atoms with E-state index in [4.69, 9.17) is 0 Å². The third-order valence-electron chi connectivity index (χ3n) is 3.32. The summed E-state index contributed by atoms with van der Waals surface area (Å²) < 4.78 is 3.28. The van der Waals surface area contributed by atoms with Gasteiger partial charge in [0.25, 0.3) is 5.56 Å². The van der Waals surface area contributed by atoms with Crippen molar-refractivity contribution in [3.8, 4) is 11.3 Å². The molecular formula is C14H10N4OS. The molecule has 4 aromatic rings. The topological polar surface area (TPSA) is 52.2 Å². The summed E-state index contributed by atoms with van der Waals surface area (Å²) in [7, 11) is 1.79. The van der Waals surface area contributed by atoms with Crippen LogP contribution in [0.25, 0.3) is 27.3 Å². The number of hydrogen-bond donors (Lipinski definition) is 0. The summed E-state index contributed by atoms with van der Waals surface area (Å²) in [5.74, 6) is 0. The normalized spacial score (nSPS) is 11.4. The van der Waals surface area contributed by atoms with Crippen molar-refractivity contribution in [2.45, 2.75) is 0 Å². The Morgan fingerprint density at radius 3 is 2.80 bits per heavy atom. The van der Waals surface area contributed by atoms with Gasteiger partial charge in [-0.15, -0.1) is 11.3 Å². The Morgan fingerprint density at radius 1 is 1.20 bits per heavy atom. The third-order valence-corrected chi connectivity index (χ3v) is 4.15. The van der Waals surface area contributed by atoms with E-state index in [1.165, 1.54) is 11.3 Å². The zero-order chi connectivity index (χ0) is 13.7. The lowest BCUT2D eigenvalue weighted by Crippen LogP contribution is -2.14. The van der Waals surface area contributed by atoms with Crippen LogP contribution in [0, 0.1) is 0 Å². The Balaban J connectivity index is 2.16. The molecule has 98 valence electrons. The van der Waals surface area contributed by atoms with E-state index < -0.39 is 0 Å². The molecular weight excluding hydrogens is 272 g/mol. The van der Waals surface area contributed by atoms with Gasteiger partial charge in [-0.2, -0.15) is 5.10 Å². The highest BCUT2D eigenvalue weighted by Crippen LogP contribution is 2.24. The van der Waals surface area contributed by atoms with Gasteiger partial charge in [0.2, 0.25) is 0 Å². The summed E-state index contributed by atoms with van der Waals surface area (Å²) in [6.45, 7) is 0. The Bertz CT molecular complexity index is 981. The zero-order valence-corrected chi connectivity index (χ0v) is 11.5. The summed E-state index contributed by atoms with van der Waals surface area (Å²) in [4.78, 5) is 17.8. The maximum absolute atomic E-state index is 12.6. The molecule has 6 heteroatoms. The van der Waals surface area contributed by atoms with E-state index in [-0.39, 0.29) is 5.56 Å². The largest absolute Gasteiger partial charge is 0.270 e. The predicted octanol–water partition coefficient (Wildman–Crippen LogP) is 2.31. The maximum atomic E-state index is 12.6. The molecule has 20 heavy (non-hydrogen) atoms. The number of aromatic nitrogens is 4. The highest BCUT2D eigenvalue weighted by Gasteiger charge is 2.14. The molecule has 3 heterocycles. The van der Waals surface area contributed by atoms with Crippen molar-refractivity contribution in [2.24, 2.45) is 7.05 Å². The van der Waals surface area contributed by atoms with Crippen molar-refractivity contribution in [1.82, 2.24) is 19.2 Å². The van der Waals surface area contributed by atoms with Crippen LogP contribution < -0.4 is 5.56 Å². The number of thiazole rings is 1. The predicted molar refractivity (Wildman–Crippen MR) is 79.0 cm³/mol. The molecule has 5 nitrogen and oxygen atoms in total. The molecule has 0 aliphatic rings. The number of rotatable bonds is 1. The Kier molecular flexibility index (Phi) is 2.28. The van der Waals surface area contributed by atoms with Gasteiger partial charge < -0.3 is 0 Å². The van der Waals surface area contributed by atoms with Gasteiger partial charge in [-0.25, -0.2) is 4.98 Å². The molecule has 1 aromatic carbocycles. The SMILES string of the molecule is Cn1ncc2c(=O)n3c(-c4ccccc4)csc3nc21. The van der Waals surface area contributed by atoms with Crippen molar-refractivity contribution < 1.29 is 0 Å². The van der Waals surface area contributed by atoms with Crippen LogP contribution in [0.2, 0.25) is 0 Å². The maximum Gasteiger partial charge on any atom is 0.270 e. The van der Waals surface area contributed by atoms with Crippen molar-refractivity contribution in [3.63, 3.8) is 0 Å². The Labute approximate surface area is 117 Å². The quantitative estimate of drug-likeness (QED) is 0.538. The summed E-state index contributed by atoms with van der Waals surface area (Å²) >= 11 is 1.46. The lowest BCUT2D eigenvalue weighted by Gasteiger charge is -2.01. The highest BCUT2D eigenvalue weighted by molar-refractivity contribution is 7.15. The van der Waals surface area contributed by atoms with E-state index in [0.717, 1.165) is 11.3 Å². The number of fused-ring (bicyclic) bond motifs is 2. The molecule has 0 N–H and O–H groups in total.